The lowest BCUT2D eigenvalue weighted by Gasteiger charge is -2.46. The van der Waals surface area contributed by atoms with E-state index in [4.69, 9.17) is 18.9 Å². The van der Waals surface area contributed by atoms with Crippen molar-refractivity contribution < 1.29 is 64.6 Å². The van der Waals surface area contributed by atoms with E-state index in [0.29, 0.717) is 12.8 Å². The van der Waals surface area contributed by atoms with Crippen molar-refractivity contribution in [2.24, 2.45) is 0 Å². The predicted molar refractivity (Wildman–Crippen MR) is 327 cm³/mol. The van der Waals surface area contributed by atoms with Gasteiger partial charge in [-0.15, -0.1) is 0 Å². The third-order valence-electron chi connectivity index (χ3n) is 15.9. The zero-order valence-electron chi connectivity index (χ0n) is 51.0. The van der Waals surface area contributed by atoms with Gasteiger partial charge in [-0.3, -0.25) is 4.79 Å². The maximum atomic E-state index is 13.3. The molecule has 14 nitrogen and oxygen atoms in total. The summed E-state index contributed by atoms with van der Waals surface area (Å²) in [5, 5.41) is 87.3. The van der Waals surface area contributed by atoms with E-state index < -0.39 is 86.8 Å². The van der Waals surface area contributed by atoms with Gasteiger partial charge in [0.15, 0.2) is 12.6 Å². The van der Waals surface area contributed by atoms with Gasteiger partial charge in [-0.05, 0) is 77.0 Å². The lowest BCUT2D eigenvalue weighted by atomic mass is 9.97. The smallest absolute Gasteiger partial charge is 0.220 e. The maximum Gasteiger partial charge on any atom is 0.220 e. The van der Waals surface area contributed by atoms with Crippen LogP contribution < -0.4 is 5.32 Å². The lowest BCUT2D eigenvalue weighted by Crippen LogP contribution is -2.65. The van der Waals surface area contributed by atoms with Gasteiger partial charge in [-0.1, -0.05) is 242 Å². The molecule has 2 aliphatic rings. The van der Waals surface area contributed by atoms with Gasteiger partial charge in [0.05, 0.1) is 32.0 Å². The molecule has 472 valence electrons. The van der Waals surface area contributed by atoms with Gasteiger partial charge in [0, 0.05) is 6.42 Å². The molecule has 2 saturated heterocycles. The molecule has 9 N–H and O–H groups in total. The topological polar surface area (TPSA) is 228 Å². The van der Waals surface area contributed by atoms with Crippen molar-refractivity contribution in [3.63, 3.8) is 0 Å². The van der Waals surface area contributed by atoms with E-state index in [-0.39, 0.29) is 18.9 Å². The van der Waals surface area contributed by atoms with Crippen LogP contribution >= 0.6 is 0 Å². The number of hydrogen-bond acceptors (Lipinski definition) is 13. The van der Waals surface area contributed by atoms with Gasteiger partial charge < -0.3 is 65.1 Å². The SMILES string of the molecule is CCCCCCC/C=C\C/C=C\CCCCCCCCCCCCCCCCCC(=O)NC(COC1OC(CO)C(OC2OC(CO)C(O)C(O)C2O)C(O)C1O)C(O)/C=C/CC/C=C/CC/C=C/CCCCCCCCCCCC. The molecule has 2 heterocycles. The Balaban J connectivity index is 1.72. The van der Waals surface area contributed by atoms with Crippen molar-refractivity contribution in [1.82, 2.24) is 5.32 Å². The molecule has 0 saturated carbocycles. The van der Waals surface area contributed by atoms with Gasteiger partial charge in [0.1, 0.15) is 48.8 Å². The Hall–Kier alpha value is -2.31. The molecule has 2 fully saturated rings. The van der Waals surface area contributed by atoms with Crippen molar-refractivity contribution in [2.45, 2.75) is 338 Å². The van der Waals surface area contributed by atoms with Crippen LogP contribution in [0.25, 0.3) is 0 Å². The molecule has 0 aromatic carbocycles. The average molecular weight is 1150 g/mol. The Morgan fingerprint density at radius 1 is 0.444 bits per heavy atom. The molecule has 0 bridgehead atoms. The molecule has 0 aliphatic carbocycles. The van der Waals surface area contributed by atoms with Gasteiger partial charge in [-0.25, -0.2) is 0 Å². The largest absolute Gasteiger partial charge is 0.394 e. The maximum absolute atomic E-state index is 13.3. The van der Waals surface area contributed by atoms with E-state index in [9.17, 15) is 45.6 Å². The van der Waals surface area contributed by atoms with E-state index in [1.165, 1.54) is 180 Å². The molecule has 81 heavy (non-hydrogen) atoms. The Morgan fingerprint density at radius 2 is 0.827 bits per heavy atom. The van der Waals surface area contributed by atoms with Crippen LogP contribution in [0.2, 0.25) is 0 Å². The van der Waals surface area contributed by atoms with Crippen LogP contribution in [0.4, 0.5) is 0 Å². The molecule has 2 aliphatic heterocycles. The van der Waals surface area contributed by atoms with E-state index in [2.05, 4.69) is 67.8 Å². The molecule has 0 aromatic rings. The Morgan fingerprint density at radius 3 is 1.28 bits per heavy atom. The molecular formula is C67H121NO13. The summed E-state index contributed by atoms with van der Waals surface area (Å²) < 4.78 is 22.8. The van der Waals surface area contributed by atoms with Crippen molar-refractivity contribution in [1.29, 1.82) is 0 Å². The number of hydrogen-bond donors (Lipinski definition) is 9. The van der Waals surface area contributed by atoms with E-state index >= 15 is 0 Å². The zero-order chi connectivity index (χ0) is 58.8. The first-order valence-corrected chi connectivity index (χ1v) is 33.0. The minimum atomic E-state index is -1.79. The molecule has 0 spiro atoms. The highest BCUT2D eigenvalue weighted by Crippen LogP contribution is 2.30. The second-order valence-corrected chi connectivity index (χ2v) is 23.2. The second-order valence-electron chi connectivity index (χ2n) is 23.2. The van der Waals surface area contributed by atoms with Crippen LogP contribution in [0.5, 0.6) is 0 Å². The fourth-order valence-corrected chi connectivity index (χ4v) is 10.6. The normalized spacial score (nSPS) is 24.5. The van der Waals surface area contributed by atoms with Crippen molar-refractivity contribution in [3.05, 3.63) is 60.8 Å². The summed E-state index contributed by atoms with van der Waals surface area (Å²) >= 11 is 0. The number of nitrogens with one attached hydrogen (secondary N) is 1. The molecular weight excluding hydrogens is 1030 g/mol. The quantitative estimate of drug-likeness (QED) is 0.0204. The summed E-state index contributed by atoms with van der Waals surface area (Å²) in [5.41, 5.74) is 0. The minimum absolute atomic E-state index is 0.252. The Bertz CT molecular complexity index is 1590. The number of aliphatic hydroxyl groups excluding tert-OH is 8. The first-order chi connectivity index (χ1) is 39.6. The molecule has 12 unspecified atom stereocenters. The highest BCUT2D eigenvalue weighted by molar-refractivity contribution is 5.76. The van der Waals surface area contributed by atoms with Gasteiger partial charge >= 0.3 is 0 Å². The first-order valence-electron chi connectivity index (χ1n) is 33.0. The second kappa shape index (κ2) is 52.1. The summed E-state index contributed by atoms with van der Waals surface area (Å²) in [6.07, 6.45) is 51.2. The first kappa shape index (κ1) is 74.8. The number of carbonyl (C=O) groups excluding carboxylic acids is 1. The molecule has 2 rings (SSSR count). The third kappa shape index (κ3) is 37.0. The minimum Gasteiger partial charge on any atom is -0.394 e. The van der Waals surface area contributed by atoms with Crippen molar-refractivity contribution in [3.8, 4) is 0 Å². The molecule has 0 radical (unpaired) electrons. The van der Waals surface area contributed by atoms with Crippen molar-refractivity contribution >= 4 is 5.91 Å². The van der Waals surface area contributed by atoms with Crippen LogP contribution in [0.1, 0.15) is 264 Å². The van der Waals surface area contributed by atoms with E-state index in [1.807, 2.05) is 6.08 Å². The number of carbonyl (C=O) groups is 1. The standard InChI is InChI=1S/C67H121NO13/c1-3-5-7-9-11-13-15-17-19-21-23-25-26-27-28-29-30-31-33-35-37-39-41-43-45-47-49-51-59(72)68-55(56(71)50-48-46-44-42-40-38-36-34-32-24-22-20-18-16-14-12-10-8-6-4-2)54-78-66-64(77)62(75)65(58(53-70)80-66)81-67-63(76)61(74)60(73)57(52-69)79-67/h15,17,21,23,32,34,40,42,48,50,55-58,60-67,69-71,73-77H,3-14,16,18-20,22,24-31,33,35-39,41,43-47,49,51-54H2,1-2H3,(H,68,72)/b17-15-,23-21-,34-32+,42-40+,50-48+. The number of rotatable bonds is 53. The highest BCUT2D eigenvalue weighted by atomic mass is 16.7. The van der Waals surface area contributed by atoms with Crippen LogP contribution in [0.3, 0.4) is 0 Å². The summed E-state index contributed by atoms with van der Waals surface area (Å²) in [6.45, 7) is 2.78. The van der Waals surface area contributed by atoms with Crippen LogP contribution in [0.15, 0.2) is 60.8 Å². The lowest BCUT2D eigenvalue weighted by molar-refractivity contribution is -0.359. The van der Waals surface area contributed by atoms with E-state index in [1.54, 1.807) is 6.08 Å². The molecule has 14 heteroatoms. The molecule has 1 amide bonds. The van der Waals surface area contributed by atoms with Crippen molar-refractivity contribution in [2.75, 3.05) is 19.8 Å². The number of allylic oxidation sites excluding steroid dienone is 9. The van der Waals surface area contributed by atoms with Crippen LogP contribution in [-0.4, -0.2) is 140 Å². The monoisotopic (exact) mass is 1150 g/mol. The fourth-order valence-electron chi connectivity index (χ4n) is 10.6. The van der Waals surface area contributed by atoms with Crippen LogP contribution in [-0.2, 0) is 23.7 Å². The highest BCUT2D eigenvalue weighted by Gasteiger charge is 2.51. The number of aliphatic hydroxyl groups is 8. The average Bonchev–Trinajstić information content (AvgIpc) is 3.62. The molecule has 0 aromatic heterocycles. The summed E-state index contributed by atoms with van der Waals surface area (Å²) in [6, 6.07) is -0.940. The number of unbranched alkanes of at least 4 members (excludes halogenated alkanes) is 32. The summed E-state index contributed by atoms with van der Waals surface area (Å²) in [4.78, 5) is 13.3. The van der Waals surface area contributed by atoms with Gasteiger partial charge in [0.25, 0.3) is 0 Å². The zero-order valence-corrected chi connectivity index (χ0v) is 51.0. The number of amides is 1. The van der Waals surface area contributed by atoms with E-state index in [0.717, 1.165) is 51.4 Å². The molecule has 12 atom stereocenters. The fraction of sp³-hybridized carbons (Fsp3) is 0.836. The number of ether oxygens (including phenoxy) is 4. The Kier molecular flexibility index (Phi) is 48.1. The van der Waals surface area contributed by atoms with Gasteiger partial charge in [-0.2, -0.15) is 0 Å². The third-order valence-corrected chi connectivity index (χ3v) is 15.9. The Labute approximate surface area is 492 Å². The predicted octanol–water partition coefficient (Wildman–Crippen LogP) is 12.5. The summed E-state index contributed by atoms with van der Waals surface area (Å²) in [7, 11) is 0. The van der Waals surface area contributed by atoms with Crippen LogP contribution in [0, 0.1) is 0 Å². The summed E-state index contributed by atoms with van der Waals surface area (Å²) in [5.74, 6) is -0.252. The van der Waals surface area contributed by atoms with Gasteiger partial charge in [0.2, 0.25) is 5.91 Å².